The smallest absolute Gasteiger partial charge is 0.308 e. The second-order valence-electron chi connectivity index (χ2n) is 7.76. The van der Waals surface area contributed by atoms with E-state index in [0.717, 1.165) is 16.9 Å². The molecule has 0 saturated heterocycles. The Morgan fingerprint density at radius 2 is 1.54 bits per heavy atom. The SMILES string of the molecule is O=c1sc2cc(S(=O)(=O)Nc3ccc(Oc4ccccc4)cc3)ccc2n1Cc1ccc(Cl)cc1. The van der Waals surface area contributed by atoms with Crippen molar-refractivity contribution >= 4 is 48.9 Å². The standard InChI is InChI=1S/C26H19ClN2O4S2/c27-19-8-6-18(7-9-19)17-29-24-15-14-23(16-25(24)34-26(29)30)35(31,32)28-20-10-12-22(13-11-20)33-21-4-2-1-3-5-21/h1-16,28H,17H2. The Labute approximate surface area is 211 Å². The summed E-state index contributed by atoms with van der Waals surface area (Å²) < 4.78 is 36.5. The first-order chi connectivity index (χ1) is 16.9. The van der Waals surface area contributed by atoms with Gasteiger partial charge in [0, 0.05) is 10.7 Å². The second-order valence-corrected chi connectivity index (χ2v) is 10.9. The van der Waals surface area contributed by atoms with Crippen LogP contribution in [-0.2, 0) is 16.6 Å². The van der Waals surface area contributed by atoms with Crippen molar-refractivity contribution < 1.29 is 13.2 Å². The molecule has 0 unspecified atom stereocenters. The highest BCUT2D eigenvalue weighted by molar-refractivity contribution is 7.92. The number of hydrogen-bond acceptors (Lipinski definition) is 5. The first-order valence-electron chi connectivity index (χ1n) is 10.6. The maximum absolute atomic E-state index is 13.0. The van der Waals surface area contributed by atoms with Crippen molar-refractivity contribution in [2.45, 2.75) is 11.4 Å². The van der Waals surface area contributed by atoms with E-state index in [-0.39, 0.29) is 9.77 Å². The average molecular weight is 523 g/mol. The molecule has 1 aromatic heterocycles. The van der Waals surface area contributed by atoms with Gasteiger partial charge in [-0.3, -0.25) is 14.1 Å². The van der Waals surface area contributed by atoms with Gasteiger partial charge < -0.3 is 4.74 Å². The summed E-state index contributed by atoms with van der Waals surface area (Å²) in [6.45, 7) is 0.373. The number of sulfonamides is 1. The molecule has 0 atom stereocenters. The minimum absolute atomic E-state index is 0.0782. The maximum atomic E-state index is 13.0. The first-order valence-corrected chi connectivity index (χ1v) is 13.3. The summed E-state index contributed by atoms with van der Waals surface area (Å²) in [7, 11) is -3.85. The second kappa shape index (κ2) is 9.58. The van der Waals surface area contributed by atoms with Crippen LogP contribution in [0.4, 0.5) is 5.69 Å². The number of para-hydroxylation sites is 1. The van der Waals surface area contributed by atoms with Gasteiger partial charge in [0.05, 0.1) is 21.7 Å². The molecule has 0 fully saturated rings. The Balaban J connectivity index is 1.35. The number of benzene rings is 4. The van der Waals surface area contributed by atoms with E-state index in [1.54, 1.807) is 47.0 Å². The van der Waals surface area contributed by atoms with Crippen LogP contribution >= 0.6 is 22.9 Å². The van der Waals surface area contributed by atoms with Gasteiger partial charge in [0.25, 0.3) is 10.0 Å². The predicted molar refractivity (Wildman–Crippen MR) is 140 cm³/mol. The molecule has 4 aromatic carbocycles. The highest BCUT2D eigenvalue weighted by Gasteiger charge is 2.17. The Morgan fingerprint density at radius 3 is 2.26 bits per heavy atom. The number of ether oxygens (including phenoxy) is 1. The van der Waals surface area contributed by atoms with Gasteiger partial charge in [0.2, 0.25) is 0 Å². The molecule has 1 heterocycles. The summed E-state index contributed by atoms with van der Waals surface area (Å²) >= 11 is 6.96. The zero-order chi connectivity index (χ0) is 24.4. The molecule has 9 heteroatoms. The van der Waals surface area contributed by atoms with E-state index in [2.05, 4.69) is 4.72 Å². The third-order valence-electron chi connectivity index (χ3n) is 5.29. The fraction of sp³-hybridized carbons (Fsp3) is 0.0385. The molecule has 0 amide bonds. The number of nitrogens with zero attached hydrogens (tertiary/aromatic N) is 1. The number of nitrogens with one attached hydrogen (secondary N) is 1. The van der Waals surface area contributed by atoms with Crippen LogP contribution in [0.3, 0.4) is 0 Å². The van der Waals surface area contributed by atoms with Crippen molar-refractivity contribution in [3.63, 3.8) is 0 Å². The summed E-state index contributed by atoms with van der Waals surface area (Å²) in [6, 6.07) is 27.9. The van der Waals surface area contributed by atoms with Gasteiger partial charge in [-0.25, -0.2) is 8.42 Å². The lowest BCUT2D eigenvalue weighted by atomic mass is 10.2. The maximum Gasteiger partial charge on any atom is 0.308 e. The zero-order valence-electron chi connectivity index (χ0n) is 18.2. The van der Waals surface area contributed by atoms with Crippen molar-refractivity contribution in [2.75, 3.05) is 4.72 Å². The third-order valence-corrected chi connectivity index (χ3v) is 7.86. The van der Waals surface area contributed by atoms with Crippen molar-refractivity contribution in [2.24, 2.45) is 0 Å². The third kappa shape index (κ3) is 5.24. The monoisotopic (exact) mass is 522 g/mol. The Hall–Kier alpha value is -3.59. The molecule has 1 N–H and O–H groups in total. The molecule has 0 bridgehead atoms. The molecule has 0 aliphatic rings. The molecule has 0 saturated carbocycles. The zero-order valence-corrected chi connectivity index (χ0v) is 20.6. The highest BCUT2D eigenvalue weighted by atomic mass is 35.5. The van der Waals surface area contributed by atoms with Crippen LogP contribution in [-0.4, -0.2) is 13.0 Å². The number of thiazole rings is 1. The molecular formula is C26H19ClN2O4S2. The number of anilines is 1. The van der Waals surface area contributed by atoms with Gasteiger partial charge in [-0.15, -0.1) is 0 Å². The van der Waals surface area contributed by atoms with Gasteiger partial charge >= 0.3 is 4.87 Å². The van der Waals surface area contributed by atoms with E-state index in [1.807, 2.05) is 42.5 Å². The number of hydrogen-bond donors (Lipinski definition) is 1. The largest absolute Gasteiger partial charge is 0.457 e. The van der Waals surface area contributed by atoms with E-state index >= 15 is 0 Å². The molecule has 5 rings (SSSR count). The van der Waals surface area contributed by atoms with Gasteiger partial charge in [-0.05, 0) is 72.3 Å². The van der Waals surface area contributed by atoms with Gasteiger partial charge in [0.1, 0.15) is 11.5 Å². The van der Waals surface area contributed by atoms with E-state index in [9.17, 15) is 13.2 Å². The first kappa shape index (κ1) is 23.2. The lowest BCUT2D eigenvalue weighted by Gasteiger charge is -2.10. The molecule has 5 aromatic rings. The normalized spacial score (nSPS) is 11.5. The Morgan fingerprint density at radius 1 is 0.857 bits per heavy atom. The van der Waals surface area contributed by atoms with Crippen LogP contribution in [0.25, 0.3) is 10.2 Å². The number of halogens is 1. The number of fused-ring (bicyclic) bond motifs is 1. The van der Waals surface area contributed by atoms with Gasteiger partial charge in [-0.1, -0.05) is 53.3 Å². The number of aromatic nitrogens is 1. The topological polar surface area (TPSA) is 77.4 Å². The molecule has 0 aliphatic heterocycles. The lowest BCUT2D eigenvalue weighted by Crippen LogP contribution is -2.14. The Bertz CT molecular complexity index is 1640. The Kier molecular flexibility index (Phi) is 6.34. The van der Waals surface area contributed by atoms with Gasteiger partial charge in [0.15, 0.2) is 0 Å². The fourth-order valence-corrected chi connectivity index (χ4v) is 5.78. The molecule has 0 radical (unpaired) electrons. The van der Waals surface area contributed by atoms with E-state index in [1.165, 1.54) is 12.1 Å². The van der Waals surface area contributed by atoms with Gasteiger partial charge in [-0.2, -0.15) is 0 Å². The highest BCUT2D eigenvalue weighted by Crippen LogP contribution is 2.26. The summed E-state index contributed by atoms with van der Waals surface area (Å²) in [5, 5.41) is 0.622. The van der Waals surface area contributed by atoms with Crippen molar-refractivity contribution in [1.29, 1.82) is 0 Å². The van der Waals surface area contributed by atoms with E-state index < -0.39 is 10.0 Å². The minimum atomic E-state index is -3.85. The molecule has 0 aliphatic carbocycles. The molecule has 35 heavy (non-hydrogen) atoms. The van der Waals surface area contributed by atoms with Crippen molar-refractivity contribution in [3.8, 4) is 11.5 Å². The fourth-order valence-electron chi connectivity index (χ4n) is 3.57. The summed E-state index contributed by atoms with van der Waals surface area (Å²) in [4.78, 5) is 12.5. The summed E-state index contributed by atoms with van der Waals surface area (Å²) in [5.41, 5.74) is 2.00. The molecular weight excluding hydrogens is 504 g/mol. The van der Waals surface area contributed by atoms with Crippen LogP contribution in [0.1, 0.15) is 5.56 Å². The van der Waals surface area contributed by atoms with Crippen LogP contribution in [0.5, 0.6) is 11.5 Å². The molecule has 6 nitrogen and oxygen atoms in total. The lowest BCUT2D eigenvalue weighted by molar-refractivity contribution is 0.483. The number of rotatable bonds is 7. The van der Waals surface area contributed by atoms with Crippen LogP contribution < -0.4 is 14.3 Å². The van der Waals surface area contributed by atoms with E-state index in [4.69, 9.17) is 16.3 Å². The van der Waals surface area contributed by atoms with Crippen LogP contribution in [0.2, 0.25) is 5.02 Å². The quantitative estimate of drug-likeness (QED) is 0.270. The predicted octanol–water partition coefficient (Wildman–Crippen LogP) is 6.36. The molecule has 176 valence electrons. The minimum Gasteiger partial charge on any atom is -0.457 e. The summed E-state index contributed by atoms with van der Waals surface area (Å²) in [6.07, 6.45) is 0. The summed E-state index contributed by atoms with van der Waals surface area (Å²) in [5.74, 6) is 1.28. The molecule has 0 spiro atoms. The van der Waals surface area contributed by atoms with E-state index in [0.29, 0.717) is 39.0 Å². The van der Waals surface area contributed by atoms with Crippen molar-refractivity contribution in [3.05, 3.63) is 117 Å². The van der Waals surface area contributed by atoms with Crippen LogP contribution in [0, 0.1) is 0 Å². The van der Waals surface area contributed by atoms with Crippen LogP contribution in [0.15, 0.2) is 107 Å². The van der Waals surface area contributed by atoms with Crippen molar-refractivity contribution in [1.82, 2.24) is 4.57 Å². The average Bonchev–Trinajstić information content (AvgIpc) is 3.16.